The summed E-state index contributed by atoms with van der Waals surface area (Å²) in [5, 5.41) is 0. The first-order chi connectivity index (χ1) is 4.83. The van der Waals surface area contributed by atoms with Gasteiger partial charge in [0, 0.05) is 5.92 Å². The molecule has 0 bridgehead atoms. The van der Waals surface area contributed by atoms with Gasteiger partial charge >= 0.3 is 0 Å². The second-order valence-corrected chi connectivity index (χ2v) is 3.35. The highest BCUT2D eigenvalue weighted by Crippen LogP contribution is 2.39. The predicted octanol–water partition coefficient (Wildman–Crippen LogP) is 2.08. The summed E-state index contributed by atoms with van der Waals surface area (Å²) in [6.07, 6.45) is 5.09. The molecule has 2 nitrogen and oxygen atoms in total. The molecular weight excluding hydrogens is 124 g/mol. The maximum Gasteiger partial charge on any atom is 0.173 e. The van der Waals surface area contributed by atoms with Gasteiger partial charge in [0.05, 0.1) is 6.01 Å². The van der Waals surface area contributed by atoms with Crippen LogP contribution in [0.1, 0.15) is 32.6 Å². The Hall–Kier alpha value is -0.620. The minimum Gasteiger partial charge on any atom is -0.194 e. The van der Waals surface area contributed by atoms with E-state index < -0.39 is 0 Å². The van der Waals surface area contributed by atoms with Crippen molar-refractivity contribution in [3.63, 3.8) is 0 Å². The third-order valence-corrected chi connectivity index (χ3v) is 2.71. The van der Waals surface area contributed by atoms with Gasteiger partial charge in [0.25, 0.3) is 0 Å². The summed E-state index contributed by atoms with van der Waals surface area (Å²) in [5.74, 6) is 0.655. The zero-order chi connectivity index (χ0) is 7.03. The molecule has 10 heavy (non-hydrogen) atoms. The van der Waals surface area contributed by atoms with Gasteiger partial charge in [-0.2, -0.15) is 9.98 Å². The molecule has 0 amide bonds. The molecule has 0 radical (unpaired) electrons. The fraction of sp³-hybridized carbons (Fsp3) is 0.875. The monoisotopic (exact) mass is 136 g/mol. The fourth-order valence-corrected chi connectivity index (χ4v) is 1.82. The molecule has 0 saturated heterocycles. The van der Waals surface area contributed by atoms with Crippen LogP contribution in [0.3, 0.4) is 0 Å². The highest BCUT2D eigenvalue weighted by molar-refractivity contribution is 5.50. The molecule has 0 N–H and O–H groups in total. The maximum atomic E-state index is 4.22. The Kier molecular flexibility index (Phi) is 1.18. The summed E-state index contributed by atoms with van der Waals surface area (Å²) < 4.78 is 0. The lowest BCUT2D eigenvalue weighted by Gasteiger charge is -2.36. The smallest absolute Gasteiger partial charge is 0.173 e. The summed E-state index contributed by atoms with van der Waals surface area (Å²) in [6.45, 7) is 2.24. The topological polar surface area (TPSA) is 24.7 Å². The Morgan fingerprint density at radius 3 is 2.60 bits per heavy atom. The first kappa shape index (κ1) is 6.11. The lowest BCUT2D eigenvalue weighted by atomic mass is 9.80. The zero-order valence-corrected chi connectivity index (χ0v) is 6.30. The number of hydrogen-bond acceptors (Lipinski definition) is 2. The van der Waals surface area contributed by atoms with E-state index in [1.807, 2.05) is 0 Å². The third-order valence-electron chi connectivity index (χ3n) is 2.71. The quantitative estimate of drug-likeness (QED) is 0.487. The SMILES string of the molecule is CC1CCCCC12N=C=N2. The van der Waals surface area contributed by atoms with Gasteiger partial charge in [-0.25, -0.2) is 0 Å². The number of rotatable bonds is 0. The largest absolute Gasteiger partial charge is 0.194 e. The van der Waals surface area contributed by atoms with E-state index in [2.05, 4.69) is 22.9 Å². The fourth-order valence-electron chi connectivity index (χ4n) is 1.82. The van der Waals surface area contributed by atoms with Gasteiger partial charge in [0.15, 0.2) is 5.66 Å². The predicted molar refractivity (Wildman–Crippen MR) is 40.2 cm³/mol. The van der Waals surface area contributed by atoms with E-state index in [-0.39, 0.29) is 5.66 Å². The van der Waals surface area contributed by atoms with Crippen LogP contribution in [-0.4, -0.2) is 11.7 Å². The minimum absolute atomic E-state index is 0.00174. The van der Waals surface area contributed by atoms with E-state index >= 15 is 0 Å². The minimum atomic E-state index is -0.00174. The summed E-state index contributed by atoms with van der Waals surface area (Å²) in [4.78, 5) is 8.45. The zero-order valence-electron chi connectivity index (χ0n) is 6.30. The normalized spacial score (nSPS) is 34.3. The average molecular weight is 136 g/mol. The second-order valence-electron chi connectivity index (χ2n) is 3.35. The van der Waals surface area contributed by atoms with Crippen LogP contribution in [0, 0.1) is 5.92 Å². The molecule has 1 aliphatic carbocycles. The summed E-state index contributed by atoms with van der Waals surface area (Å²) in [5.41, 5.74) is -0.00174. The van der Waals surface area contributed by atoms with Crippen LogP contribution < -0.4 is 0 Å². The highest BCUT2D eigenvalue weighted by atomic mass is 15.2. The molecule has 0 aromatic carbocycles. The third kappa shape index (κ3) is 0.657. The van der Waals surface area contributed by atoms with Crippen molar-refractivity contribution in [1.82, 2.24) is 0 Å². The number of hydrogen-bond donors (Lipinski definition) is 0. The molecule has 1 aliphatic heterocycles. The standard InChI is InChI=1S/C8H12N2/c1-7-4-2-3-5-8(7)9-6-10-8/h7H,2-5H2,1H3. The van der Waals surface area contributed by atoms with Crippen molar-refractivity contribution in [1.29, 1.82) is 0 Å². The summed E-state index contributed by atoms with van der Waals surface area (Å²) in [7, 11) is 0. The van der Waals surface area contributed by atoms with Crippen molar-refractivity contribution in [3.05, 3.63) is 0 Å². The maximum absolute atomic E-state index is 4.22. The number of aliphatic imine (C=N–C) groups is 2. The van der Waals surface area contributed by atoms with Crippen molar-refractivity contribution in [2.75, 3.05) is 0 Å². The van der Waals surface area contributed by atoms with E-state index in [0.717, 1.165) is 6.42 Å². The molecule has 0 aromatic heterocycles. The van der Waals surface area contributed by atoms with E-state index in [1.165, 1.54) is 19.3 Å². The van der Waals surface area contributed by atoms with Crippen molar-refractivity contribution in [2.24, 2.45) is 15.9 Å². The molecule has 1 unspecified atom stereocenters. The van der Waals surface area contributed by atoms with Crippen molar-refractivity contribution in [3.8, 4) is 0 Å². The van der Waals surface area contributed by atoms with Gasteiger partial charge in [-0.3, -0.25) is 0 Å². The average Bonchev–Trinajstić information content (AvgIpc) is 1.85. The number of nitrogens with zero attached hydrogens (tertiary/aromatic N) is 2. The van der Waals surface area contributed by atoms with Gasteiger partial charge in [-0.1, -0.05) is 13.3 Å². The van der Waals surface area contributed by atoms with Crippen molar-refractivity contribution in [2.45, 2.75) is 38.3 Å². The lowest BCUT2D eigenvalue weighted by Crippen LogP contribution is -2.38. The molecule has 2 heteroatoms. The molecule has 54 valence electrons. The Morgan fingerprint density at radius 2 is 2.20 bits per heavy atom. The van der Waals surface area contributed by atoms with Crippen LogP contribution in [0.5, 0.6) is 0 Å². The van der Waals surface area contributed by atoms with E-state index in [0.29, 0.717) is 5.92 Å². The lowest BCUT2D eigenvalue weighted by molar-refractivity contribution is 0.207. The van der Waals surface area contributed by atoms with E-state index in [9.17, 15) is 0 Å². The first-order valence-corrected chi connectivity index (χ1v) is 4.02. The van der Waals surface area contributed by atoms with Gasteiger partial charge in [-0.05, 0) is 19.3 Å². The molecule has 0 aromatic rings. The Labute approximate surface area is 61.1 Å². The van der Waals surface area contributed by atoms with Gasteiger partial charge in [-0.15, -0.1) is 0 Å². The highest BCUT2D eigenvalue weighted by Gasteiger charge is 2.40. The van der Waals surface area contributed by atoms with Gasteiger partial charge < -0.3 is 0 Å². The first-order valence-electron chi connectivity index (χ1n) is 4.02. The second kappa shape index (κ2) is 1.93. The van der Waals surface area contributed by atoms with Gasteiger partial charge in [0.1, 0.15) is 0 Å². The molecular formula is C8H12N2. The van der Waals surface area contributed by atoms with Crippen LogP contribution in [0.2, 0.25) is 0 Å². The van der Waals surface area contributed by atoms with Crippen LogP contribution in [0.25, 0.3) is 0 Å². The van der Waals surface area contributed by atoms with Crippen LogP contribution in [-0.2, 0) is 0 Å². The van der Waals surface area contributed by atoms with Crippen LogP contribution >= 0.6 is 0 Å². The summed E-state index contributed by atoms with van der Waals surface area (Å²) >= 11 is 0. The molecule has 1 atom stereocenters. The van der Waals surface area contributed by atoms with E-state index in [1.54, 1.807) is 0 Å². The Morgan fingerprint density at radius 1 is 1.40 bits per heavy atom. The molecule has 2 rings (SSSR count). The van der Waals surface area contributed by atoms with Crippen molar-refractivity contribution >= 4 is 6.01 Å². The van der Waals surface area contributed by atoms with E-state index in [4.69, 9.17) is 0 Å². The molecule has 1 heterocycles. The molecule has 1 fully saturated rings. The molecule has 2 aliphatic rings. The van der Waals surface area contributed by atoms with Crippen LogP contribution in [0.15, 0.2) is 9.98 Å². The van der Waals surface area contributed by atoms with Crippen LogP contribution in [0.4, 0.5) is 0 Å². The van der Waals surface area contributed by atoms with Gasteiger partial charge in [0.2, 0.25) is 0 Å². The summed E-state index contributed by atoms with van der Waals surface area (Å²) in [6, 6.07) is 2.65. The molecule has 1 saturated carbocycles. The van der Waals surface area contributed by atoms with Crippen molar-refractivity contribution < 1.29 is 0 Å². The Balaban J connectivity index is 2.13. The Bertz CT molecular complexity index is 193. The molecule has 1 spiro atoms.